The summed E-state index contributed by atoms with van der Waals surface area (Å²) in [5.41, 5.74) is 1.92. The van der Waals surface area contributed by atoms with Gasteiger partial charge >= 0.3 is 0 Å². The van der Waals surface area contributed by atoms with Gasteiger partial charge in [-0.15, -0.1) is 0 Å². The van der Waals surface area contributed by atoms with Gasteiger partial charge in [-0.3, -0.25) is 9.59 Å². The monoisotopic (exact) mass is 310 g/mol. The van der Waals surface area contributed by atoms with Crippen LogP contribution in [0.1, 0.15) is 5.56 Å². The molecule has 1 unspecified atom stereocenters. The van der Waals surface area contributed by atoms with Crippen LogP contribution in [0, 0.1) is 11.7 Å². The molecule has 1 aliphatic heterocycles. The van der Waals surface area contributed by atoms with Crippen LogP contribution in [0.2, 0.25) is 0 Å². The minimum Gasteiger partial charge on any atom is -0.352 e. The topological polar surface area (TPSA) is 58.5 Å². The first kappa shape index (κ1) is 15.1. The van der Waals surface area contributed by atoms with Gasteiger partial charge in [-0.2, -0.15) is 0 Å². The van der Waals surface area contributed by atoms with Crippen LogP contribution in [-0.2, 0) is 16.0 Å². The Morgan fingerprint density at radius 2 is 2.00 bits per heavy atom. The zero-order valence-electron chi connectivity index (χ0n) is 12.3. The molecule has 1 heterocycles. The third-order valence-corrected chi connectivity index (χ3v) is 3.73. The van der Waals surface area contributed by atoms with Crippen LogP contribution in [0.25, 0.3) is 0 Å². The van der Waals surface area contributed by atoms with Gasteiger partial charge in [0.25, 0.3) is 5.91 Å². The number of rotatable bonds is 4. The number of allylic oxidation sites excluding steroid dienone is 4. The maximum absolute atomic E-state index is 12.8. The van der Waals surface area contributed by atoms with Crippen LogP contribution < -0.4 is 5.32 Å². The first-order chi connectivity index (χ1) is 11.1. The summed E-state index contributed by atoms with van der Waals surface area (Å²) < 4.78 is 12.8. The van der Waals surface area contributed by atoms with Crippen LogP contribution in [0.4, 0.5) is 4.39 Å². The van der Waals surface area contributed by atoms with Gasteiger partial charge in [0, 0.05) is 18.2 Å². The predicted molar refractivity (Wildman–Crippen MR) is 85.4 cm³/mol. The molecule has 0 saturated carbocycles. The third kappa shape index (κ3) is 3.51. The second-order valence-corrected chi connectivity index (χ2v) is 5.33. The van der Waals surface area contributed by atoms with Gasteiger partial charge in [-0.05, 0) is 30.2 Å². The summed E-state index contributed by atoms with van der Waals surface area (Å²) in [4.78, 5) is 27.9. The average molecular weight is 310 g/mol. The van der Waals surface area contributed by atoms with Crippen LogP contribution in [0.15, 0.2) is 65.2 Å². The fourth-order valence-electron chi connectivity index (χ4n) is 2.56. The van der Waals surface area contributed by atoms with E-state index in [2.05, 4.69) is 10.3 Å². The van der Waals surface area contributed by atoms with E-state index in [0.29, 0.717) is 24.3 Å². The van der Waals surface area contributed by atoms with Crippen molar-refractivity contribution in [3.05, 3.63) is 71.6 Å². The maximum Gasteiger partial charge on any atom is 0.270 e. The van der Waals surface area contributed by atoms with E-state index in [1.165, 1.54) is 18.2 Å². The molecule has 1 aliphatic carbocycles. The molecule has 0 fully saturated rings. The van der Waals surface area contributed by atoms with Crippen molar-refractivity contribution < 1.29 is 14.0 Å². The van der Waals surface area contributed by atoms with Gasteiger partial charge in [-0.25, -0.2) is 9.38 Å². The van der Waals surface area contributed by atoms with Crippen molar-refractivity contribution in [2.24, 2.45) is 10.9 Å². The third-order valence-electron chi connectivity index (χ3n) is 3.73. The van der Waals surface area contributed by atoms with Crippen molar-refractivity contribution in [3.63, 3.8) is 0 Å². The van der Waals surface area contributed by atoms with Gasteiger partial charge in [0.15, 0.2) is 0 Å². The van der Waals surface area contributed by atoms with Crippen LogP contribution in [0.5, 0.6) is 0 Å². The number of nitrogens with zero attached hydrogens (tertiary/aromatic N) is 1. The molecule has 0 saturated heterocycles. The first-order valence-electron chi connectivity index (χ1n) is 7.35. The van der Waals surface area contributed by atoms with Crippen molar-refractivity contribution in [3.8, 4) is 0 Å². The van der Waals surface area contributed by atoms with Crippen LogP contribution >= 0.6 is 0 Å². The molecular formula is C18H15FN2O2. The highest BCUT2D eigenvalue weighted by atomic mass is 19.1. The predicted octanol–water partition coefficient (Wildman–Crippen LogP) is 2.13. The Bertz CT molecular complexity index is 758. The number of hydrogen-bond acceptors (Lipinski definition) is 2. The van der Waals surface area contributed by atoms with E-state index in [0.717, 1.165) is 5.56 Å². The standard InChI is InChI=1S/C18H15FN2O2/c19-13-7-5-12(6-8-13)9-10-20-18(23)15-11-17(22)21-16-4-2-1-3-14(15)16/h1-8,11,14H,9-10H2,(H,20,23). The minimum atomic E-state index is -0.417. The van der Waals surface area contributed by atoms with E-state index in [1.54, 1.807) is 24.3 Å². The van der Waals surface area contributed by atoms with Crippen molar-refractivity contribution in [1.29, 1.82) is 0 Å². The Morgan fingerprint density at radius 1 is 1.22 bits per heavy atom. The summed E-state index contributed by atoms with van der Waals surface area (Å²) in [5, 5.41) is 2.80. The minimum absolute atomic E-state index is 0.275. The smallest absolute Gasteiger partial charge is 0.270 e. The Balaban J connectivity index is 1.61. The Morgan fingerprint density at radius 3 is 2.78 bits per heavy atom. The van der Waals surface area contributed by atoms with Gasteiger partial charge in [0.1, 0.15) is 5.82 Å². The van der Waals surface area contributed by atoms with Crippen molar-refractivity contribution in [2.75, 3.05) is 6.54 Å². The molecule has 1 atom stereocenters. The average Bonchev–Trinajstić information content (AvgIpc) is 2.55. The highest BCUT2D eigenvalue weighted by Gasteiger charge is 2.28. The number of benzene rings is 1. The highest BCUT2D eigenvalue weighted by Crippen LogP contribution is 2.23. The summed E-state index contributed by atoms with van der Waals surface area (Å²) in [6.07, 6.45) is 9.08. The molecule has 0 radical (unpaired) electrons. The van der Waals surface area contributed by atoms with Gasteiger partial charge in [0.05, 0.1) is 11.6 Å². The van der Waals surface area contributed by atoms with Gasteiger partial charge < -0.3 is 5.32 Å². The molecule has 0 bridgehead atoms. The van der Waals surface area contributed by atoms with E-state index < -0.39 is 5.91 Å². The Kier molecular flexibility index (Phi) is 4.28. The molecule has 1 N–H and O–H groups in total. The van der Waals surface area contributed by atoms with E-state index in [1.807, 2.05) is 12.2 Å². The number of halogens is 1. The second kappa shape index (κ2) is 6.52. The second-order valence-electron chi connectivity index (χ2n) is 5.33. The van der Waals surface area contributed by atoms with Crippen molar-refractivity contribution in [1.82, 2.24) is 5.32 Å². The zero-order valence-corrected chi connectivity index (χ0v) is 12.3. The van der Waals surface area contributed by atoms with E-state index in [9.17, 15) is 14.0 Å². The lowest BCUT2D eigenvalue weighted by atomic mass is 9.87. The normalized spacial score (nSPS) is 19.0. The lowest BCUT2D eigenvalue weighted by Gasteiger charge is -2.21. The molecule has 3 rings (SSSR count). The summed E-state index contributed by atoms with van der Waals surface area (Å²) >= 11 is 0. The summed E-state index contributed by atoms with van der Waals surface area (Å²) in [7, 11) is 0. The van der Waals surface area contributed by atoms with Crippen LogP contribution in [0.3, 0.4) is 0 Å². The number of carbonyl (C=O) groups is 2. The Labute approximate surface area is 133 Å². The SMILES string of the molecule is O=C1C=C(C(=O)NCCc2ccc(F)cc2)C2C=CC=CC2=N1. The number of amides is 2. The van der Waals surface area contributed by atoms with E-state index >= 15 is 0 Å². The fourth-order valence-corrected chi connectivity index (χ4v) is 2.56. The molecule has 2 amide bonds. The van der Waals surface area contributed by atoms with Crippen molar-refractivity contribution in [2.45, 2.75) is 6.42 Å². The molecule has 1 aromatic rings. The maximum atomic E-state index is 12.8. The zero-order chi connectivity index (χ0) is 16.2. The van der Waals surface area contributed by atoms with E-state index in [4.69, 9.17) is 0 Å². The number of aliphatic imine (C=N–C) groups is 1. The largest absolute Gasteiger partial charge is 0.352 e. The quantitative estimate of drug-likeness (QED) is 0.926. The lowest BCUT2D eigenvalue weighted by Crippen LogP contribution is -2.34. The number of nitrogens with one attached hydrogen (secondary N) is 1. The molecule has 1 aromatic carbocycles. The fraction of sp³-hybridized carbons (Fsp3) is 0.167. The van der Waals surface area contributed by atoms with Crippen LogP contribution in [-0.4, -0.2) is 24.1 Å². The number of hydrogen-bond donors (Lipinski definition) is 1. The van der Waals surface area contributed by atoms with E-state index in [-0.39, 0.29) is 17.6 Å². The number of dihydropyridines is 1. The molecule has 23 heavy (non-hydrogen) atoms. The number of carbonyl (C=O) groups excluding carboxylic acids is 2. The molecule has 0 spiro atoms. The molecule has 5 heteroatoms. The molecule has 0 aromatic heterocycles. The highest BCUT2D eigenvalue weighted by molar-refractivity contribution is 6.18. The molecule has 116 valence electrons. The summed E-state index contributed by atoms with van der Waals surface area (Å²) in [6.45, 7) is 0.411. The molecule has 4 nitrogen and oxygen atoms in total. The van der Waals surface area contributed by atoms with Gasteiger partial charge in [0.2, 0.25) is 5.91 Å². The summed E-state index contributed by atoms with van der Waals surface area (Å²) in [5.74, 6) is -1.26. The number of fused-ring (bicyclic) bond motifs is 1. The van der Waals surface area contributed by atoms with Crippen molar-refractivity contribution >= 4 is 17.5 Å². The first-order valence-corrected chi connectivity index (χ1v) is 7.35. The lowest BCUT2D eigenvalue weighted by molar-refractivity contribution is -0.119. The molecular weight excluding hydrogens is 295 g/mol. The molecule has 2 aliphatic rings. The van der Waals surface area contributed by atoms with Gasteiger partial charge in [-0.1, -0.05) is 30.4 Å². The summed E-state index contributed by atoms with van der Waals surface area (Å²) in [6, 6.07) is 6.15. The Hall–Kier alpha value is -2.82.